The quantitative estimate of drug-likeness (QED) is 0.718. The molecule has 2 aromatic rings. The summed E-state index contributed by atoms with van der Waals surface area (Å²) in [5.74, 6) is 0.0233. The second kappa shape index (κ2) is 6.50. The van der Waals surface area contributed by atoms with Gasteiger partial charge < -0.3 is 10.6 Å². The van der Waals surface area contributed by atoms with Gasteiger partial charge in [0.05, 0.1) is 3.79 Å². The summed E-state index contributed by atoms with van der Waals surface area (Å²) in [5.41, 5.74) is 1.73. The molecule has 110 valence electrons. The van der Waals surface area contributed by atoms with E-state index in [0.717, 1.165) is 33.3 Å². The lowest BCUT2D eigenvalue weighted by molar-refractivity contribution is 0.0951. The number of amides is 1. The molecule has 0 radical (unpaired) electrons. The molecule has 0 spiro atoms. The molecular formula is C15H14Br2N2OS. The van der Waals surface area contributed by atoms with Crippen LogP contribution >= 0.6 is 43.2 Å². The zero-order chi connectivity index (χ0) is 14.8. The highest BCUT2D eigenvalue weighted by molar-refractivity contribution is 9.13. The lowest BCUT2D eigenvalue weighted by Gasteiger charge is -2.07. The predicted molar refractivity (Wildman–Crippen MR) is 94.0 cm³/mol. The lowest BCUT2D eigenvalue weighted by Crippen LogP contribution is -2.25. The van der Waals surface area contributed by atoms with Gasteiger partial charge in [-0.25, -0.2) is 0 Å². The molecule has 21 heavy (non-hydrogen) atoms. The first-order chi connectivity index (χ1) is 10.1. The Labute approximate surface area is 144 Å². The van der Waals surface area contributed by atoms with Crippen LogP contribution in [0.3, 0.4) is 0 Å². The number of halogens is 2. The Morgan fingerprint density at radius 3 is 2.52 bits per heavy atom. The largest absolute Gasteiger partial charge is 0.380 e. The number of carbonyl (C=O) groups excluding carboxylic acids is 1. The van der Waals surface area contributed by atoms with Crippen LogP contribution in [0.4, 0.5) is 5.69 Å². The van der Waals surface area contributed by atoms with Crippen molar-refractivity contribution < 1.29 is 4.79 Å². The predicted octanol–water partition coefficient (Wildman–Crippen LogP) is 4.78. The molecule has 0 bridgehead atoms. The maximum atomic E-state index is 11.9. The topological polar surface area (TPSA) is 41.1 Å². The van der Waals surface area contributed by atoms with Crippen molar-refractivity contribution in [2.75, 3.05) is 5.32 Å². The summed E-state index contributed by atoms with van der Waals surface area (Å²) in [6, 6.07) is 10.1. The number of carbonyl (C=O) groups is 1. The van der Waals surface area contributed by atoms with E-state index in [2.05, 4.69) is 48.6 Å². The van der Waals surface area contributed by atoms with Gasteiger partial charge in [-0.2, -0.15) is 0 Å². The number of anilines is 1. The molecule has 0 unspecified atom stereocenters. The summed E-state index contributed by atoms with van der Waals surface area (Å²) < 4.78 is 2.18. The molecule has 0 aliphatic heterocycles. The molecule has 2 N–H and O–H groups in total. The van der Waals surface area contributed by atoms with E-state index in [1.54, 1.807) is 11.3 Å². The van der Waals surface area contributed by atoms with Crippen LogP contribution in [-0.4, -0.2) is 11.9 Å². The van der Waals surface area contributed by atoms with Crippen molar-refractivity contribution in [2.45, 2.75) is 25.4 Å². The molecule has 3 nitrogen and oxygen atoms in total. The Hall–Kier alpha value is -0.850. The second-order valence-corrected chi connectivity index (χ2v) is 8.32. The zero-order valence-corrected chi connectivity index (χ0v) is 15.1. The number of benzene rings is 1. The van der Waals surface area contributed by atoms with Crippen molar-refractivity contribution in [2.24, 2.45) is 0 Å². The van der Waals surface area contributed by atoms with Crippen molar-refractivity contribution in [3.8, 4) is 0 Å². The van der Waals surface area contributed by atoms with Crippen molar-refractivity contribution >= 4 is 54.8 Å². The molecule has 1 heterocycles. The standard InChI is InChI=1S/C15H14Br2N2OS/c16-13-7-12(21-14(13)17)8-18-10-3-1-9(2-4-10)15(20)19-11-5-6-11/h1-4,7,11,18H,5-6,8H2,(H,19,20). The third kappa shape index (κ3) is 4.08. The molecule has 1 aliphatic carbocycles. The minimum absolute atomic E-state index is 0.0233. The lowest BCUT2D eigenvalue weighted by atomic mass is 10.2. The first-order valence-corrected chi connectivity index (χ1v) is 9.10. The Morgan fingerprint density at radius 1 is 1.24 bits per heavy atom. The van der Waals surface area contributed by atoms with Gasteiger partial charge in [-0.1, -0.05) is 0 Å². The normalized spacial score (nSPS) is 14.0. The Morgan fingerprint density at radius 2 is 1.95 bits per heavy atom. The van der Waals surface area contributed by atoms with Gasteiger partial charge in [0.25, 0.3) is 5.91 Å². The van der Waals surface area contributed by atoms with Crippen LogP contribution in [0.2, 0.25) is 0 Å². The fourth-order valence-electron chi connectivity index (χ4n) is 1.90. The number of hydrogen-bond donors (Lipinski definition) is 2. The van der Waals surface area contributed by atoms with Crippen molar-refractivity contribution in [1.29, 1.82) is 0 Å². The first-order valence-electron chi connectivity index (χ1n) is 6.70. The van der Waals surface area contributed by atoms with Crippen molar-refractivity contribution in [3.63, 3.8) is 0 Å². The maximum Gasteiger partial charge on any atom is 0.251 e. The molecule has 1 fully saturated rings. The van der Waals surface area contributed by atoms with Crippen LogP contribution in [0, 0.1) is 0 Å². The molecule has 0 atom stereocenters. The third-order valence-electron chi connectivity index (χ3n) is 3.22. The first kappa shape index (κ1) is 15.1. The third-order valence-corrected chi connectivity index (χ3v) is 6.48. The Kier molecular flexibility index (Phi) is 4.66. The van der Waals surface area contributed by atoms with E-state index in [1.807, 2.05) is 24.3 Å². The van der Waals surface area contributed by atoms with Gasteiger partial charge in [-0.15, -0.1) is 11.3 Å². The van der Waals surface area contributed by atoms with Gasteiger partial charge in [-0.3, -0.25) is 4.79 Å². The second-order valence-electron chi connectivity index (χ2n) is 5.01. The molecule has 1 aromatic heterocycles. The number of nitrogens with one attached hydrogen (secondary N) is 2. The van der Waals surface area contributed by atoms with Crippen molar-refractivity contribution in [1.82, 2.24) is 5.32 Å². The average molecular weight is 430 g/mol. The fourth-order valence-corrected chi connectivity index (χ4v) is 4.02. The molecule has 6 heteroatoms. The van der Waals surface area contributed by atoms with Gasteiger partial charge in [0.2, 0.25) is 0 Å². The maximum absolute atomic E-state index is 11.9. The van der Waals surface area contributed by atoms with Crippen molar-refractivity contribution in [3.05, 3.63) is 49.0 Å². The van der Waals surface area contributed by atoms with Crippen LogP contribution in [0.5, 0.6) is 0 Å². The SMILES string of the molecule is O=C(NC1CC1)c1ccc(NCc2cc(Br)c(Br)s2)cc1. The highest BCUT2D eigenvalue weighted by Gasteiger charge is 2.23. The van der Waals surface area contributed by atoms with Gasteiger partial charge in [0, 0.05) is 33.2 Å². The van der Waals surface area contributed by atoms with Gasteiger partial charge in [0.1, 0.15) is 0 Å². The molecular weight excluding hydrogens is 416 g/mol. The minimum atomic E-state index is 0.0233. The van der Waals surface area contributed by atoms with Gasteiger partial charge in [0.15, 0.2) is 0 Å². The van der Waals surface area contributed by atoms with E-state index in [1.165, 1.54) is 4.88 Å². The highest BCUT2D eigenvalue weighted by Crippen LogP contribution is 2.32. The average Bonchev–Trinajstić information content (AvgIpc) is 3.23. The summed E-state index contributed by atoms with van der Waals surface area (Å²) in [5, 5.41) is 6.35. The molecule has 1 aromatic carbocycles. The molecule has 0 saturated heterocycles. The van der Waals surface area contributed by atoms with E-state index < -0.39 is 0 Å². The minimum Gasteiger partial charge on any atom is -0.380 e. The Balaban J connectivity index is 1.57. The molecule has 1 aliphatic rings. The van der Waals surface area contributed by atoms with Crippen LogP contribution in [0.25, 0.3) is 0 Å². The van der Waals surface area contributed by atoms with E-state index in [4.69, 9.17) is 0 Å². The van der Waals surface area contributed by atoms with Gasteiger partial charge in [-0.05, 0) is 75.0 Å². The molecule has 1 saturated carbocycles. The van der Waals surface area contributed by atoms with Crippen LogP contribution < -0.4 is 10.6 Å². The Bertz CT molecular complexity index is 631. The van der Waals surface area contributed by atoms with Crippen LogP contribution in [0.15, 0.2) is 38.6 Å². The summed E-state index contributed by atoms with van der Waals surface area (Å²) in [7, 11) is 0. The summed E-state index contributed by atoms with van der Waals surface area (Å²) >= 11 is 8.67. The van der Waals surface area contributed by atoms with E-state index in [9.17, 15) is 4.79 Å². The fraction of sp³-hybridized carbons (Fsp3) is 0.267. The number of rotatable bonds is 5. The summed E-state index contributed by atoms with van der Waals surface area (Å²) in [4.78, 5) is 13.1. The number of thiophene rings is 1. The summed E-state index contributed by atoms with van der Waals surface area (Å²) in [6.45, 7) is 0.766. The zero-order valence-electron chi connectivity index (χ0n) is 11.2. The number of hydrogen-bond acceptors (Lipinski definition) is 3. The van der Waals surface area contributed by atoms with E-state index in [0.29, 0.717) is 11.6 Å². The van der Waals surface area contributed by atoms with E-state index >= 15 is 0 Å². The van der Waals surface area contributed by atoms with E-state index in [-0.39, 0.29) is 5.91 Å². The van der Waals surface area contributed by atoms with Gasteiger partial charge >= 0.3 is 0 Å². The smallest absolute Gasteiger partial charge is 0.251 e. The monoisotopic (exact) mass is 428 g/mol. The van der Waals surface area contributed by atoms with Crippen LogP contribution in [0.1, 0.15) is 28.1 Å². The molecule has 3 rings (SSSR count). The molecule has 1 amide bonds. The van der Waals surface area contributed by atoms with Crippen LogP contribution in [-0.2, 0) is 6.54 Å². The highest BCUT2D eigenvalue weighted by atomic mass is 79.9. The summed E-state index contributed by atoms with van der Waals surface area (Å²) in [6.07, 6.45) is 2.22.